The molecule has 0 radical (unpaired) electrons. The van der Waals surface area contributed by atoms with Gasteiger partial charge in [-0.25, -0.2) is 4.98 Å². The lowest BCUT2D eigenvalue weighted by Crippen LogP contribution is -2.42. The first-order valence-corrected chi connectivity index (χ1v) is 7.82. The van der Waals surface area contributed by atoms with Crippen LogP contribution >= 0.6 is 0 Å². The predicted molar refractivity (Wildman–Crippen MR) is 82.3 cm³/mol. The lowest BCUT2D eigenvalue weighted by molar-refractivity contribution is 0.0680. The molecule has 1 amide bonds. The summed E-state index contributed by atoms with van der Waals surface area (Å²) in [7, 11) is 0. The van der Waals surface area contributed by atoms with Crippen molar-refractivity contribution in [3.8, 4) is 11.4 Å². The Morgan fingerprint density at radius 3 is 2.73 bits per heavy atom. The Balaban J connectivity index is 1.57. The third kappa shape index (κ3) is 2.29. The highest BCUT2D eigenvalue weighted by atomic mass is 16.2. The zero-order chi connectivity index (χ0) is 14.9. The first kappa shape index (κ1) is 13.5. The summed E-state index contributed by atoms with van der Waals surface area (Å²) in [5, 5.41) is 10.1. The lowest BCUT2D eigenvalue weighted by atomic mass is 10.1. The molecule has 2 saturated heterocycles. The number of rotatable bonds is 2. The molecule has 2 fully saturated rings. The summed E-state index contributed by atoms with van der Waals surface area (Å²) < 4.78 is 0. The lowest BCUT2D eigenvalue weighted by Gasteiger charge is -2.28. The molecule has 2 aliphatic rings. The Bertz CT molecular complexity index is 638. The average Bonchev–Trinajstić information content (AvgIpc) is 3.14. The van der Waals surface area contributed by atoms with E-state index in [1.807, 2.05) is 24.3 Å². The summed E-state index contributed by atoms with van der Waals surface area (Å²) in [5.41, 5.74) is 1.69. The van der Waals surface area contributed by atoms with Crippen LogP contribution in [0.2, 0.25) is 0 Å². The summed E-state index contributed by atoms with van der Waals surface area (Å²) in [4.78, 5) is 19.1. The molecule has 0 spiro atoms. The maximum atomic E-state index is 12.9. The first-order valence-electron chi connectivity index (χ1n) is 7.82. The smallest absolute Gasteiger partial charge is 0.254 e. The molecule has 114 valence electrons. The monoisotopic (exact) mass is 297 g/mol. The number of aromatic nitrogens is 3. The third-order valence-corrected chi connectivity index (χ3v) is 4.71. The van der Waals surface area contributed by atoms with Crippen molar-refractivity contribution in [2.45, 2.75) is 31.3 Å². The molecule has 6 nitrogen and oxygen atoms in total. The van der Waals surface area contributed by atoms with E-state index in [0.29, 0.717) is 12.1 Å². The molecule has 0 aliphatic carbocycles. The second-order valence-electron chi connectivity index (χ2n) is 6.00. The number of aromatic amines is 1. The van der Waals surface area contributed by atoms with Crippen LogP contribution in [-0.2, 0) is 0 Å². The Kier molecular flexibility index (Phi) is 3.38. The van der Waals surface area contributed by atoms with Crippen LogP contribution in [0.5, 0.6) is 0 Å². The highest BCUT2D eigenvalue weighted by molar-refractivity contribution is 5.95. The molecule has 2 bridgehead atoms. The molecule has 0 saturated carbocycles. The van der Waals surface area contributed by atoms with E-state index in [1.165, 1.54) is 6.33 Å². The average molecular weight is 297 g/mol. The summed E-state index contributed by atoms with van der Waals surface area (Å²) in [6.45, 7) is 1.92. The standard InChI is InChI=1S/C16H19N5O/c22-16(21-13-5-6-14(21)9-17-8-7-13)12-3-1-11(2-4-12)15-18-10-19-20-15/h1-4,10,13-14,17H,5-9H2,(H,18,19,20)/t13-,14+/m1/s1. The van der Waals surface area contributed by atoms with Crippen LogP contribution in [-0.4, -0.2) is 51.2 Å². The van der Waals surface area contributed by atoms with Crippen LogP contribution < -0.4 is 5.32 Å². The minimum atomic E-state index is 0.153. The minimum Gasteiger partial charge on any atom is -0.331 e. The fourth-order valence-electron chi connectivity index (χ4n) is 3.58. The number of carbonyl (C=O) groups excluding carboxylic acids is 1. The number of hydrogen-bond acceptors (Lipinski definition) is 4. The quantitative estimate of drug-likeness (QED) is 0.879. The van der Waals surface area contributed by atoms with Crippen LogP contribution in [0.1, 0.15) is 29.6 Å². The zero-order valence-electron chi connectivity index (χ0n) is 12.3. The largest absolute Gasteiger partial charge is 0.331 e. The van der Waals surface area contributed by atoms with E-state index in [2.05, 4.69) is 25.4 Å². The molecular weight excluding hydrogens is 278 g/mol. The van der Waals surface area contributed by atoms with Crippen LogP contribution in [0.15, 0.2) is 30.6 Å². The molecule has 3 heterocycles. The third-order valence-electron chi connectivity index (χ3n) is 4.71. The van der Waals surface area contributed by atoms with E-state index < -0.39 is 0 Å². The number of H-pyrrole nitrogens is 1. The molecule has 2 aromatic rings. The molecule has 1 aromatic carbocycles. The highest BCUT2D eigenvalue weighted by Crippen LogP contribution is 2.29. The summed E-state index contributed by atoms with van der Waals surface area (Å²) >= 11 is 0. The van der Waals surface area contributed by atoms with Gasteiger partial charge in [0, 0.05) is 29.8 Å². The Hall–Kier alpha value is -2.21. The molecule has 0 unspecified atom stereocenters. The normalized spacial score (nSPS) is 24.3. The van der Waals surface area contributed by atoms with E-state index >= 15 is 0 Å². The van der Waals surface area contributed by atoms with Crippen LogP contribution in [0.4, 0.5) is 0 Å². The fraction of sp³-hybridized carbons (Fsp3) is 0.438. The summed E-state index contributed by atoms with van der Waals surface area (Å²) in [5.74, 6) is 0.873. The van der Waals surface area contributed by atoms with Crippen molar-refractivity contribution in [3.63, 3.8) is 0 Å². The first-order chi connectivity index (χ1) is 10.8. The topological polar surface area (TPSA) is 73.9 Å². The van der Waals surface area contributed by atoms with Gasteiger partial charge in [-0.3, -0.25) is 9.89 Å². The Labute approximate surface area is 128 Å². The number of nitrogens with one attached hydrogen (secondary N) is 2. The van der Waals surface area contributed by atoms with Gasteiger partial charge in [-0.1, -0.05) is 12.1 Å². The van der Waals surface area contributed by atoms with Gasteiger partial charge >= 0.3 is 0 Å². The molecule has 2 N–H and O–H groups in total. The van der Waals surface area contributed by atoms with E-state index in [9.17, 15) is 4.79 Å². The number of carbonyl (C=O) groups is 1. The van der Waals surface area contributed by atoms with Gasteiger partial charge in [0.2, 0.25) is 0 Å². The van der Waals surface area contributed by atoms with E-state index in [1.54, 1.807) is 0 Å². The highest BCUT2D eigenvalue weighted by Gasteiger charge is 2.38. The van der Waals surface area contributed by atoms with Crippen LogP contribution in [0.25, 0.3) is 11.4 Å². The van der Waals surface area contributed by atoms with E-state index in [4.69, 9.17) is 0 Å². The summed E-state index contributed by atoms with van der Waals surface area (Å²) in [6.07, 6.45) is 4.78. The molecule has 4 rings (SSSR count). The van der Waals surface area contributed by atoms with Crippen molar-refractivity contribution in [1.82, 2.24) is 25.4 Å². The number of amides is 1. The maximum absolute atomic E-state index is 12.9. The maximum Gasteiger partial charge on any atom is 0.254 e. The van der Waals surface area contributed by atoms with Crippen molar-refractivity contribution in [1.29, 1.82) is 0 Å². The molecule has 2 aliphatic heterocycles. The van der Waals surface area contributed by atoms with Crippen molar-refractivity contribution < 1.29 is 4.79 Å². The van der Waals surface area contributed by atoms with Gasteiger partial charge in [0.25, 0.3) is 5.91 Å². The van der Waals surface area contributed by atoms with Crippen LogP contribution in [0.3, 0.4) is 0 Å². The SMILES string of the molecule is O=C(c1ccc(-c2ncn[nH]2)cc1)N1[C@H]2CCNC[C@@H]1CC2. The van der Waals surface area contributed by atoms with Gasteiger partial charge in [-0.2, -0.15) is 5.10 Å². The zero-order valence-corrected chi connectivity index (χ0v) is 12.3. The molecular formula is C16H19N5O. The number of nitrogens with zero attached hydrogens (tertiary/aromatic N) is 3. The van der Waals surface area contributed by atoms with E-state index in [-0.39, 0.29) is 5.91 Å². The van der Waals surface area contributed by atoms with Gasteiger partial charge in [-0.15, -0.1) is 0 Å². The number of fused-ring (bicyclic) bond motifs is 2. The van der Waals surface area contributed by atoms with Gasteiger partial charge < -0.3 is 10.2 Å². The minimum absolute atomic E-state index is 0.153. The fourth-order valence-corrected chi connectivity index (χ4v) is 3.58. The number of hydrogen-bond donors (Lipinski definition) is 2. The number of benzene rings is 1. The van der Waals surface area contributed by atoms with E-state index in [0.717, 1.165) is 49.3 Å². The van der Waals surface area contributed by atoms with Gasteiger partial charge in [0.05, 0.1) is 0 Å². The molecule has 1 aromatic heterocycles. The molecule has 22 heavy (non-hydrogen) atoms. The Morgan fingerprint density at radius 1 is 1.14 bits per heavy atom. The predicted octanol–water partition coefficient (Wildman–Crippen LogP) is 1.44. The Morgan fingerprint density at radius 2 is 1.95 bits per heavy atom. The van der Waals surface area contributed by atoms with Gasteiger partial charge in [0.15, 0.2) is 5.82 Å². The van der Waals surface area contributed by atoms with Crippen molar-refractivity contribution in [2.24, 2.45) is 0 Å². The second kappa shape index (κ2) is 5.53. The van der Waals surface area contributed by atoms with Gasteiger partial charge in [-0.05, 0) is 37.9 Å². The second-order valence-corrected chi connectivity index (χ2v) is 6.00. The molecule has 2 atom stereocenters. The van der Waals surface area contributed by atoms with Gasteiger partial charge in [0.1, 0.15) is 6.33 Å². The van der Waals surface area contributed by atoms with Crippen molar-refractivity contribution >= 4 is 5.91 Å². The van der Waals surface area contributed by atoms with Crippen LogP contribution in [0, 0.1) is 0 Å². The molecule has 6 heteroatoms. The van der Waals surface area contributed by atoms with Crippen molar-refractivity contribution in [2.75, 3.05) is 13.1 Å². The van der Waals surface area contributed by atoms with Crippen molar-refractivity contribution in [3.05, 3.63) is 36.2 Å². The summed E-state index contributed by atoms with van der Waals surface area (Å²) in [6, 6.07) is 8.35.